The predicted octanol–water partition coefficient (Wildman–Crippen LogP) is 3.36. The molecule has 3 aromatic carbocycles. The van der Waals surface area contributed by atoms with Crippen molar-refractivity contribution in [1.29, 1.82) is 0 Å². The van der Waals surface area contributed by atoms with Crippen LogP contribution in [0, 0.1) is 0 Å². The molecule has 0 aliphatic rings. The van der Waals surface area contributed by atoms with E-state index in [1.54, 1.807) is 48.5 Å². The smallest absolute Gasteiger partial charge is 0.248 e. The summed E-state index contributed by atoms with van der Waals surface area (Å²) in [4.78, 5) is 37.2. The molecule has 0 unspecified atom stereocenters. The number of rotatable bonds is 13. The van der Waals surface area contributed by atoms with Gasteiger partial charge in [-0.05, 0) is 47.4 Å². The molecule has 0 bridgehead atoms. The van der Waals surface area contributed by atoms with Crippen molar-refractivity contribution in [1.82, 2.24) is 10.6 Å². The maximum absolute atomic E-state index is 13.2. The van der Waals surface area contributed by atoms with Crippen molar-refractivity contribution in [2.24, 2.45) is 11.5 Å². The third kappa shape index (κ3) is 8.47. The molecule has 0 fully saturated rings. The third-order valence-corrected chi connectivity index (χ3v) is 5.92. The molecule has 2 atom stereocenters. The summed E-state index contributed by atoms with van der Waals surface area (Å²) in [5.41, 5.74) is 14.1. The normalized spacial score (nSPS) is 12.3. The van der Waals surface area contributed by atoms with E-state index in [1.807, 2.05) is 37.3 Å². The fourth-order valence-corrected chi connectivity index (χ4v) is 3.68. The molecule has 0 aliphatic carbocycles. The minimum Gasteiger partial charge on any atom is -0.489 e. The molecule has 3 rings (SSSR count). The average Bonchev–Trinajstić information content (AvgIpc) is 2.93. The van der Waals surface area contributed by atoms with Crippen LogP contribution in [0.1, 0.15) is 59.3 Å². The lowest BCUT2D eigenvalue weighted by atomic mass is 10.0. The van der Waals surface area contributed by atoms with Gasteiger partial charge in [-0.15, -0.1) is 0 Å². The zero-order valence-corrected chi connectivity index (χ0v) is 21.0. The van der Waals surface area contributed by atoms with Gasteiger partial charge in [0.05, 0.1) is 6.04 Å². The number of unbranched alkanes of at least 4 members (excludes halogenated alkanes) is 1. The van der Waals surface area contributed by atoms with Crippen molar-refractivity contribution in [2.45, 2.75) is 51.4 Å². The zero-order chi connectivity index (χ0) is 26.6. The number of carbonyl (C=O) groups excluding carboxylic acids is 3. The highest BCUT2D eigenvalue weighted by molar-refractivity contribution is 5.93. The summed E-state index contributed by atoms with van der Waals surface area (Å²) >= 11 is 0. The zero-order valence-electron chi connectivity index (χ0n) is 21.0. The first kappa shape index (κ1) is 27.4. The number of nitrogens with one attached hydrogen (secondary N) is 2. The van der Waals surface area contributed by atoms with Gasteiger partial charge < -0.3 is 26.8 Å². The Labute approximate surface area is 217 Å². The van der Waals surface area contributed by atoms with Crippen molar-refractivity contribution in [3.8, 4) is 5.75 Å². The van der Waals surface area contributed by atoms with Crippen LogP contribution in [0.2, 0.25) is 0 Å². The third-order valence-electron chi connectivity index (χ3n) is 5.92. The number of carbonyl (C=O) groups is 3. The number of nitrogens with two attached hydrogens (primary N) is 2. The van der Waals surface area contributed by atoms with Gasteiger partial charge in [-0.1, -0.05) is 74.4 Å². The SMILES string of the molecule is CCCC[C@H](N)C(=O)N[C@@H](C(=O)NCc1ccc(C(N)=O)cc1)c1ccc(OCc2ccccc2)cc1. The molecular formula is C29H34N4O4. The van der Waals surface area contributed by atoms with Crippen molar-refractivity contribution >= 4 is 17.7 Å². The number of amides is 3. The second-order valence-electron chi connectivity index (χ2n) is 8.81. The first-order valence-corrected chi connectivity index (χ1v) is 12.4. The fraction of sp³-hybridized carbons (Fsp3) is 0.276. The van der Waals surface area contributed by atoms with E-state index >= 15 is 0 Å². The highest BCUT2D eigenvalue weighted by Gasteiger charge is 2.25. The Morgan fingerprint density at radius 1 is 0.865 bits per heavy atom. The molecule has 8 nitrogen and oxygen atoms in total. The molecule has 0 radical (unpaired) electrons. The van der Waals surface area contributed by atoms with Crippen molar-refractivity contribution in [3.63, 3.8) is 0 Å². The van der Waals surface area contributed by atoms with E-state index in [4.69, 9.17) is 16.2 Å². The van der Waals surface area contributed by atoms with Crippen LogP contribution in [-0.2, 0) is 22.7 Å². The number of ether oxygens (including phenoxy) is 1. The first-order valence-electron chi connectivity index (χ1n) is 12.4. The van der Waals surface area contributed by atoms with Gasteiger partial charge in [0.25, 0.3) is 0 Å². The molecule has 0 saturated carbocycles. The second-order valence-corrected chi connectivity index (χ2v) is 8.81. The van der Waals surface area contributed by atoms with E-state index in [0.717, 1.165) is 24.0 Å². The average molecular weight is 503 g/mol. The highest BCUT2D eigenvalue weighted by Crippen LogP contribution is 2.20. The van der Waals surface area contributed by atoms with Crippen LogP contribution in [0.5, 0.6) is 5.75 Å². The Balaban J connectivity index is 1.70. The fourth-order valence-electron chi connectivity index (χ4n) is 3.68. The van der Waals surface area contributed by atoms with Crippen LogP contribution in [0.4, 0.5) is 0 Å². The van der Waals surface area contributed by atoms with Crippen LogP contribution in [-0.4, -0.2) is 23.8 Å². The van der Waals surface area contributed by atoms with E-state index in [-0.39, 0.29) is 18.4 Å². The van der Waals surface area contributed by atoms with E-state index < -0.39 is 18.0 Å². The van der Waals surface area contributed by atoms with Gasteiger partial charge >= 0.3 is 0 Å². The minimum atomic E-state index is -0.937. The Morgan fingerprint density at radius 3 is 2.16 bits per heavy atom. The Kier molecular flexibility index (Phi) is 10.2. The second kappa shape index (κ2) is 13.8. The molecule has 37 heavy (non-hydrogen) atoms. The van der Waals surface area contributed by atoms with Gasteiger partial charge in [0, 0.05) is 12.1 Å². The molecule has 3 amide bonds. The predicted molar refractivity (Wildman–Crippen MR) is 142 cm³/mol. The topological polar surface area (TPSA) is 137 Å². The molecule has 194 valence electrons. The Morgan fingerprint density at radius 2 is 1.54 bits per heavy atom. The van der Waals surface area contributed by atoms with Crippen molar-refractivity contribution in [3.05, 3.63) is 101 Å². The summed E-state index contributed by atoms with van der Waals surface area (Å²) in [5, 5.41) is 5.65. The van der Waals surface area contributed by atoms with Gasteiger partial charge in [0.1, 0.15) is 18.4 Å². The maximum Gasteiger partial charge on any atom is 0.248 e. The van der Waals surface area contributed by atoms with Gasteiger partial charge in [-0.2, -0.15) is 0 Å². The summed E-state index contributed by atoms with van der Waals surface area (Å²) in [6.07, 6.45) is 2.28. The largest absolute Gasteiger partial charge is 0.489 e. The van der Waals surface area contributed by atoms with E-state index in [1.165, 1.54) is 0 Å². The van der Waals surface area contributed by atoms with Crippen LogP contribution in [0.25, 0.3) is 0 Å². The number of hydrogen-bond acceptors (Lipinski definition) is 5. The van der Waals surface area contributed by atoms with Gasteiger partial charge in [0.2, 0.25) is 17.7 Å². The molecule has 0 saturated heterocycles. The molecular weight excluding hydrogens is 468 g/mol. The first-order chi connectivity index (χ1) is 17.9. The molecule has 6 N–H and O–H groups in total. The summed E-state index contributed by atoms with van der Waals surface area (Å²) in [6.45, 7) is 2.66. The quantitative estimate of drug-likeness (QED) is 0.284. The molecule has 0 aliphatic heterocycles. The number of hydrogen-bond donors (Lipinski definition) is 4. The molecule has 0 spiro atoms. The lowest BCUT2D eigenvalue weighted by Gasteiger charge is -2.21. The molecule has 0 heterocycles. The summed E-state index contributed by atoms with van der Waals surface area (Å²) in [5.74, 6) is -0.641. The van der Waals surface area contributed by atoms with E-state index in [2.05, 4.69) is 10.6 Å². The number of benzene rings is 3. The van der Waals surface area contributed by atoms with Crippen LogP contribution in [0.3, 0.4) is 0 Å². The van der Waals surface area contributed by atoms with Crippen molar-refractivity contribution < 1.29 is 19.1 Å². The van der Waals surface area contributed by atoms with Crippen LogP contribution in [0.15, 0.2) is 78.9 Å². The lowest BCUT2D eigenvalue weighted by molar-refractivity contribution is -0.130. The molecule has 3 aromatic rings. The molecule has 8 heteroatoms. The summed E-state index contributed by atoms with van der Waals surface area (Å²) in [6, 6.07) is 21.8. The minimum absolute atomic E-state index is 0.213. The van der Waals surface area contributed by atoms with Crippen LogP contribution >= 0.6 is 0 Å². The van der Waals surface area contributed by atoms with E-state index in [9.17, 15) is 14.4 Å². The highest BCUT2D eigenvalue weighted by atomic mass is 16.5. The molecule has 0 aromatic heterocycles. The van der Waals surface area contributed by atoms with E-state index in [0.29, 0.717) is 29.9 Å². The summed E-state index contributed by atoms with van der Waals surface area (Å²) in [7, 11) is 0. The lowest BCUT2D eigenvalue weighted by Crippen LogP contribution is -2.46. The summed E-state index contributed by atoms with van der Waals surface area (Å²) < 4.78 is 5.84. The van der Waals surface area contributed by atoms with Gasteiger partial charge in [0.15, 0.2) is 0 Å². The monoisotopic (exact) mass is 502 g/mol. The Hall–Kier alpha value is -4.17. The standard InChI is InChI=1S/C29H34N4O4/c1-2-3-9-25(30)28(35)33-26(29(36)32-18-20-10-12-23(13-11-20)27(31)34)22-14-16-24(17-15-22)37-19-21-7-5-4-6-8-21/h4-8,10-17,25-26H,2-3,9,18-19,30H2,1H3,(H2,31,34)(H,32,36)(H,33,35)/t25-,26+/m0/s1. The van der Waals surface area contributed by atoms with Gasteiger partial charge in [-0.3, -0.25) is 14.4 Å². The van der Waals surface area contributed by atoms with Crippen LogP contribution < -0.4 is 26.8 Å². The Bertz CT molecular complexity index is 1160. The number of primary amides is 1. The van der Waals surface area contributed by atoms with Gasteiger partial charge in [-0.25, -0.2) is 0 Å². The van der Waals surface area contributed by atoms with Crippen molar-refractivity contribution in [2.75, 3.05) is 0 Å². The maximum atomic E-state index is 13.2.